The number of alkyl halides is 3. The molecule has 0 aliphatic heterocycles. The maximum atomic E-state index is 13.4. The van der Waals surface area contributed by atoms with Crippen LogP contribution < -0.4 is 0 Å². The zero-order chi connectivity index (χ0) is 23.4. The van der Waals surface area contributed by atoms with Crippen molar-refractivity contribution in [3.8, 4) is 0 Å². The lowest BCUT2D eigenvalue weighted by molar-refractivity contribution is -0.210. The fourth-order valence-corrected chi connectivity index (χ4v) is 8.81. The van der Waals surface area contributed by atoms with E-state index in [0.717, 1.165) is 38.5 Å². The minimum atomic E-state index is -4.05. The molecular formula is C26H45F3O2. The summed E-state index contributed by atoms with van der Waals surface area (Å²) in [6.45, 7) is 12.1. The smallest absolute Gasteiger partial charge is 0.390 e. The lowest BCUT2D eigenvalue weighted by Crippen LogP contribution is -2.57. The van der Waals surface area contributed by atoms with Crippen LogP contribution in [0.15, 0.2) is 0 Å². The van der Waals surface area contributed by atoms with Gasteiger partial charge in [-0.3, -0.25) is 0 Å². The van der Waals surface area contributed by atoms with Gasteiger partial charge in [-0.15, -0.1) is 0 Å². The van der Waals surface area contributed by atoms with Crippen molar-refractivity contribution in [2.24, 2.45) is 46.3 Å². The molecule has 182 valence electrons. The number of aliphatic hydroxyl groups excluding tert-OH is 1. The SMILES string of the molecule is CC.CC(O)[C@](C)(O)C1CCC2[C@@H]3CC[C@@H]4C[C@@H](C(F)(F)F)CC[C@]4(C)C3CC[C@@]21C. The van der Waals surface area contributed by atoms with E-state index < -0.39 is 23.8 Å². The quantitative estimate of drug-likeness (QED) is 0.480. The molecule has 0 spiro atoms. The molecule has 0 radical (unpaired) electrons. The van der Waals surface area contributed by atoms with Gasteiger partial charge in [0.05, 0.1) is 17.6 Å². The lowest BCUT2D eigenvalue weighted by atomic mass is 9.43. The largest absolute Gasteiger partial charge is 0.391 e. The van der Waals surface area contributed by atoms with Gasteiger partial charge < -0.3 is 10.2 Å². The van der Waals surface area contributed by atoms with Crippen LogP contribution in [0.5, 0.6) is 0 Å². The first kappa shape index (κ1) is 25.3. The normalized spacial score (nSPS) is 47.7. The summed E-state index contributed by atoms with van der Waals surface area (Å²) in [6, 6.07) is 0. The van der Waals surface area contributed by atoms with Crippen molar-refractivity contribution < 1.29 is 23.4 Å². The third-order valence-corrected chi connectivity index (χ3v) is 10.7. The number of rotatable bonds is 2. The molecule has 5 heteroatoms. The number of aliphatic hydroxyl groups is 2. The fraction of sp³-hybridized carbons (Fsp3) is 1.00. The van der Waals surface area contributed by atoms with Gasteiger partial charge in [0.2, 0.25) is 0 Å². The average molecular weight is 447 g/mol. The Morgan fingerprint density at radius 2 is 1.45 bits per heavy atom. The second kappa shape index (κ2) is 8.49. The number of hydrogen-bond donors (Lipinski definition) is 2. The highest BCUT2D eigenvalue weighted by atomic mass is 19.4. The van der Waals surface area contributed by atoms with Gasteiger partial charge in [-0.05, 0) is 112 Å². The number of halogens is 3. The van der Waals surface area contributed by atoms with E-state index in [9.17, 15) is 23.4 Å². The van der Waals surface area contributed by atoms with Gasteiger partial charge in [0.25, 0.3) is 0 Å². The predicted octanol–water partition coefficient (Wildman–Crippen LogP) is 6.98. The van der Waals surface area contributed by atoms with Crippen molar-refractivity contribution in [1.29, 1.82) is 0 Å². The van der Waals surface area contributed by atoms with E-state index in [1.807, 2.05) is 13.8 Å². The fourth-order valence-electron chi connectivity index (χ4n) is 8.81. The molecule has 31 heavy (non-hydrogen) atoms. The molecule has 4 unspecified atom stereocenters. The molecule has 4 fully saturated rings. The molecule has 10 atom stereocenters. The molecule has 0 aromatic heterocycles. The summed E-state index contributed by atoms with van der Waals surface area (Å²) in [4.78, 5) is 0. The van der Waals surface area contributed by atoms with Crippen LogP contribution in [0.1, 0.15) is 99.3 Å². The first-order chi connectivity index (χ1) is 14.3. The minimum Gasteiger partial charge on any atom is -0.390 e. The van der Waals surface area contributed by atoms with Crippen LogP contribution in [0, 0.1) is 46.3 Å². The van der Waals surface area contributed by atoms with Gasteiger partial charge in [-0.2, -0.15) is 13.2 Å². The van der Waals surface area contributed by atoms with Gasteiger partial charge in [-0.25, -0.2) is 0 Å². The molecule has 2 nitrogen and oxygen atoms in total. The Bertz CT molecular complexity index is 631. The Hall–Kier alpha value is -0.290. The molecule has 4 aliphatic rings. The molecule has 0 saturated heterocycles. The molecule has 0 aromatic carbocycles. The molecule has 0 amide bonds. The molecule has 4 aliphatic carbocycles. The van der Waals surface area contributed by atoms with Gasteiger partial charge in [0, 0.05) is 0 Å². The molecule has 0 bridgehead atoms. The summed E-state index contributed by atoms with van der Waals surface area (Å²) >= 11 is 0. The van der Waals surface area contributed by atoms with Crippen LogP contribution >= 0.6 is 0 Å². The Labute approximate surface area is 187 Å². The zero-order valence-electron chi connectivity index (χ0n) is 20.4. The second-order valence-corrected chi connectivity index (χ2v) is 11.7. The Morgan fingerprint density at radius 3 is 2.03 bits per heavy atom. The maximum Gasteiger partial charge on any atom is 0.391 e. The van der Waals surface area contributed by atoms with E-state index in [1.54, 1.807) is 13.8 Å². The highest BCUT2D eigenvalue weighted by Crippen LogP contribution is 2.69. The average Bonchev–Trinajstić information content (AvgIpc) is 3.06. The van der Waals surface area contributed by atoms with Crippen LogP contribution in [0.25, 0.3) is 0 Å². The third-order valence-electron chi connectivity index (χ3n) is 10.7. The van der Waals surface area contributed by atoms with Crippen molar-refractivity contribution >= 4 is 0 Å². The van der Waals surface area contributed by atoms with Gasteiger partial charge in [0.1, 0.15) is 0 Å². The summed E-state index contributed by atoms with van der Waals surface area (Å²) in [5.74, 6) is 0.785. The van der Waals surface area contributed by atoms with Crippen molar-refractivity contribution in [3.63, 3.8) is 0 Å². The van der Waals surface area contributed by atoms with Gasteiger partial charge in [0.15, 0.2) is 0 Å². The Kier molecular flexibility index (Phi) is 6.94. The summed E-state index contributed by atoms with van der Waals surface area (Å²) in [7, 11) is 0. The Balaban J connectivity index is 0.00000132. The summed E-state index contributed by atoms with van der Waals surface area (Å²) in [5.41, 5.74) is -1.02. The number of fused-ring (bicyclic) bond motifs is 5. The predicted molar refractivity (Wildman–Crippen MR) is 118 cm³/mol. The minimum absolute atomic E-state index is 0.0219. The van der Waals surface area contributed by atoms with Crippen molar-refractivity contribution in [2.45, 2.75) is 117 Å². The second-order valence-electron chi connectivity index (χ2n) is 11.7. The molecule has 0 aromatic rings. The zero-order valence-corrected chi connectivity index (χ0v) is 20.4. The third kappa shape index (κ3) is 3.98. The van der Waals surface area contributed by atoms with E-state index in [4.69, 9.17) is 0 Å². The molecule has 4 saturated carbocycles. The standard InChI is InChI=1S/C24H39F3O2.C2H6/c1-14(28)23(4,29)20-8-7-18-17-6-5-15-13-16(24(25,26)27)9-11-21(15,2)19(17)10-12-22(18,20)3;1-2/h14-20,28-29H,5-13H2,1-4H3;1-2H3/t14?,15-,16+,17+,18?,19?,20?,21+,22+,23+;/m1./s1. The van der Waals surface area contributed by atoms with Crippen LogP contribution in [-0.4, -0.2) is 28.1 Å². The van der Waals surface area contributed by atoms with Crippen LogP contribution in [0.4, 0.5) is 13.2 Å². The monoisotopic (exact) mass is 446 g/mol. The van der Waals surface area contributed by atoms with Crippen molar-refractivity contribution in [2.75, 3.05) is 0 Å². The van der Waals surface area contributed by atoms with Crippen LogP contribution in [0.2, 0.25) is 0 Å². The lowest BCUT2D eigenvalue weighted by Gasteiger charge is -2.62. The first-order valence-corrected chi connectivity index (χ1v) is 12.8. The van der Waals surface area contributed by atoms with E-state index in [1.165, 1.54) is 0 Å². The highest BCUT2D eigenvalue weighted by molar-refractivity contribution is 5.12. The van der Waals surface area contributed by atoms with Crippen LogP contribution in [-0.2, 0) is 0 Å². The molecule has 4 rings (SSSR count). The van der Waals surface area contributed by atoms with Gasteiger partial charge in [-0.1, -0.05) is 27.7 Å². The maximum absolute atomic E-state index is 13.4. The summed E-state index contributed by atoms with van der Waals surface area (Å²) in [5, 5.41) is 21.3. The van der Waals surface area contributed by atoms with Crippen molar-refractivity contribution in [3.05, 3.63) is 0 Å². The van der Waals surface area contributed by atoms with E-state index in [-0.39, 0.29) is 22.7 Å². The Morgan fingerprint density at radius 1 is 0.871 bits per heavy atom. The molecular weight excluding hydrogens is 401 g/mol. The first-order valence-electron chi connectivity index (χ1n) is 12.8. The highest BCUT2D eigenvalue weighted by Gasteiger charge is 2.63. The van der Waals surface area contributed by atoms with E-state index in [0.29, 0.717) is 37.0 Å². The molecule has 2 N–H and O–H groups in total. The van der Waals surface area contributed by atoms with E-state index >= 15 is 0 Å². The topological polar surface area (TPSA) is 40.5 Å². The van der Waals surface area contributed by atoms with Crippen molar-refractivity contribution in [1.82, 2.24) is 0 Å². The summed E-state index contributed by atoms with van der Waals surface area (Å²) < 4.78 is 40.1. The van der Waals surface area contributed by atoms with E-state index in [2.05, 4.69) is 13.8 Å². The van der Waals surface area contributed by atoms with Gasteiger partial charge >= 0.3 is 6.18 Å². The summed E-state index contributed by atoms with van der Waals surface area (Å²) in [6.07, 6.45) is 2.60. The number of hydrogen-bond acceptors (Lipinski definition) is 2. The van der Waals surface area contributed by atoms with Crippen LogP contribution in [0.3, 0.4) is 0 Å². The molecule has 0 heterocycles.